The number of benzene rings is 2. The van der Waals surface area contributed by atoms with Crippen LogP contribution in [-0.4, -0.2) is 67.5 Å². The van der Waals surface area contributed by atoms with Crippen molar-refractivity contribution in [3.63, 3.8) is 0 Å². The molecule has 0 spiro atoms. The van der Waals surface area contributed by atoms with Crippen LogP contribution < -0.4 is 10.8 Å². The zero-order valence-electron chi connectivity index (χ0n) is 15.1. The predicted octanol–water partition coefficient (Wildman–Crippen LogP) is 1.16. The Morgan fingerprint density at radius 1 is 0.929 bits per heavy atom. The molecule has 148 valence electrons. The number of urea groups is 1. The average Bonchev–Trinajstić information content (AvgIpc) is 2.72. The number of hydrogen-bond donors (Lipinski definition) is 3. The SMILES string of the molecule is O=C(NO)NCCOCCOCCN1C(=O)c2cccc3cccc(c23)C1=O. The maximum absolute atomic E-state index is 12.7. The number of nitrogens with zero attached hydrogens (tertiary/aromatic N) is 1. The number of hydroxylamine groups is 1. The van der Waals surface area contributed by atoms with Crippen LogP contribution in [0.3, 0.4) is 0 Å². The molecule has 0 fully saturated rings. The summed E-state index contributed by atoms with van der Waals surface area (Å²) in [4.78, 5) is 37.3. The van der Waals surface area contributed by atoms with Crippen molar-refractivity contribution in [1.82, 2.24) is 15.7 Å². The van der Waals surface area contributed by atoms with Crippen molar-refractivity contribution in [1.29, 1.82) is 0 Å². The Hall–Kier alpha value is -3.01. The highest BCUT2D eigenvalue weighted by molar-refractivity contribution is 6.25. The summed E-state index contributed by atoms with van der Waals surface area (Å²) >= 11 is 0. The van der Waals surface area contributed by atoms with E-state index in [0.29, 0.717) is 23.1 Å². The van der Waals surface area contributed by atoms with Crippen LogP contribution in [0.2, 0.25) is 0 Å². The molecule has 0 bridgehead atoms. The number of ether oxygens (including phenoxy) is 2. The van der Waals surface area contributed by atoms with E-state index in [1.54, 1.807) is 24.3 Å². The second-order valence-corrected chi connectivity index (χ2v) is 6.06. The van der Waals surface area contributed by atoms with Gasteiger partial charge in [0.25, 0.3) is 11.8 Å². The number of rotatable bonds is 9. The van der Waals surface area contributed by atoms with E-state index in [1.807, 2.05) is 12.1 Å². The number of carbonyl (C=O) groups excluding carboxylic acids is 3. The highest BCUT2D eigenvalue weighted by Crippen LogP contribution is 2.29. The van der Waals surface area contributed by atoms with Crippen LogP contribution in [0, 0.1) is 0 Å². The first-order valence-corrected chi connectivity index (χ1v) is 8.85. The van der Waals surface area contributed by atoms with Crippen LogP contribution >= 0.6 is 0 Å². The van der Waals surface area contributed by atoms with E-state index < -0.39 is 6.03 Å². The molecule has 2 aromatic carbocycles. The van der Waals surface area contributed by atoms with Gasteiger partial charge in [-0.25, -0.2) is 10.3 Å². The Morgan fingerprint density at radius 3 is 2.14 bits per heavy atom. The van der Waals surface area contributed by atoms with E-state index in [4.69, 9.17) is 14.7 Å². The minimum absolute atomic E-state index is 0.153. The van der Waals surface area contributed by atoms with Crippen LogP contribution in [0.5, 0.6) is 0 Å². The van der Waals surface area contributed by atoms with Gasteiger partial charge < -0.3 is 14.8 Å². The van der Waals surface area contributed by atoms with Gasteiger partial charge in [-0.15, -0.1) is 0 Å². The fraction of sp³-hybridized carbons (Fsp3) is 0.316. The maximum Gasteiger partial charge on any atom is 0.338 e. The van der Waals surface area contributed by atoms with Crippen LogP contribution in [0.1, 0.15) is 20.7 Å². The van der Waals surface area contributed by atoms with Crippen molar-refractivity contribution in [2.45, 2.75) is 0 Å². The van der Waals surface area contributed by atoms with Gasteiger partial charge in [0.15, 0.2) is 0 Å². The monoisotopic (exact) mass is 387 g/mol. The normalized spacial score (nSPS) is 13.1. The summed E-state index contributed by atoms with van der Waals surface area (Å²) in [5, 5.41) is 12.2. The topological polar surface area (TPSA) is 117 Å². The van der Waals surface area contributed by atoms with E-state index in [9.17, 15) is 14.4 Å². The summed E-state index contributed by atoms with van der Waals surface area (Å²) in [6, 6.07) is 10.1. The molecule has 28 heavy (non-hydrogen) atoms. The lowest BCUT2D eigenvalue weighted by molar-refractivity contribution is 0.0344. The minimum atomic E-state index is -0.701. The number of imide groups is 1. The van der Waals surface area contributed by atoms with Crippen LogP contribution in [-0.2, 0) is 9.47 Å². The molecule has 1 aliphatic rings. The molecule has 0 aromatic heterocycles. The second-order valence-electron chi connectivity index (χ2n) is 6.06. The number of nitrogens with one attached hydrogen (secondary N) is 2. The van der Waals surface area contributed by atoms with E-state index in [2.05, 4.69) is 5.32 Å². The zero-order chi connectivity index (χ0) is 19.9. The van der Waals surface area contributed by atoms with Crippen LogP contribution in [0.4, 0.5) is 4.79 Å². The van der Waals surface area contributed by atoms with Gasteiger partial charge in [-0.05, 0) is 17.5 Å². The summed E-state index contributed by atoms with van der Waals surface area (Å²) in [6.45, 7) is 1.45. The number of amides is 4. The second kappa shape index (κ2) is 9.27. The highest BCUT2D eigenvalue weighted by atomic mass is 16.5. The van der Waals surface area contributed by atoms with Crippen molar-refractivity contribution >= 4 is 28.6 Å². The lowest BCUT2D eigenvalue weighted by Gasteiger charge is -2.27. The molecule has 0 unspecified atom stereocenters. The van der Waals surface area contributed by atoms with Crippen LogP contribution in [0.15, 0.2) is 36.4 Å². The smallest absolute Gasteiger partial charge is 0.338 e. The van der Waals surface area contributed by atoms with Crippen molar-refractivity contribution < 1.29 is 29.1 Å². The summed E-state index contributed by atoms with van der Waals surface area (Å²) < 4.78 is 10.7. The first kappa shape index (κ1) is 19.7. The first-order chi connectivity index (χ1) is 13.6. The Kier molecular flexibility index (Phi) is 6.53. The third-order valence-corrected chi connectivity index (χ3v) is 4.32. The summed E-state index contributed by atoms with van der Waals surface area (Å²) in [5.74, 6) is -0.634. The third-order valence-electron chi connectivity index (χ3n) is 4.32. The Bertz CT molecular complexity index is 834. The lowest BCUT2D eigenvalue weighted by atomic mass is 9.94. The van der Waals surface area contributed by atoms with Crippen molar-refractivity contribution in [3.8, 4) is 0 Å². The summed E-state index contributed by atoms with van der Waals surface area (Å²) in [7, 11) is 0. The molecule has 0 saturated heterocycles. The summed E-state index contributed by atoms with van der Waals surface area (Å²) in [5.41, 5.74) is 2.49. The molecule has 3 N–H and O–H groups in total. The van der Waals surface area contributed by atoms with Gasteiger partial charge in [-0.1, -0.05) is 24.3 Å². The molecule has 0 atom stereocenters. The molecule has 4 amide bonds. The molecule has 0 radical (unpaired) electrons. The van der Waals surface area contributed by atoms with Crippen molar-refractivity contribution in [2.75, 3.05) is 39.5 Å². The predicted molar refractivity (Wildman–Crippen MR) is 99.3 cm³/mol. The van der Waals surface area contributed by atoms with Gasteiger partial charge >= 0.3 is 6.03 Å². The number of hydrogen-bond acceptors (Lipinski definition) is 6. The standard InChI is InChI=1S/C19H21N3O6/c23-17-14-5-1-3-13-4-2-6-15(16(13)14)18(24)22(17)8-10-28-12-11-27-9-7-20-19(25)21-26/h1-6,26H,7-12H2,(H2,20,21,25). The summed E-state index contributed by atoms with van der Waals surface area (Å²) in [6.07, 6.45) is 0. The maximum atomic E-state index is 12.7. The molecule has 0 aliphatic carbocycles. The zero-order valence-corrected chi connectivity index (χ0v) is 15.1. The van der Waals surface area contributed by atoms with Crippen LogP contribution in [0.25, 0.3) is 10.8 Å². The highest BCUT2D eigenvalue weighted by Gasteiger charge is 2.32. The lowest BCUT2D eigenvalue weighted by Crippen LogP contribution is -2.42. The average molecular weight is 387 g/mol. The number of carbonyl (C=O) groups is 3. The van der Waals surface area contributed by atoms with Gasteiger partial charge in [0.1, 0.15) is 0 Å². The molecule has 0 saturated carbocycles. The van der Waals surface area contributed by atoms with Gasteiger partial charge in [-0.2, -0.15) is 0 Å². The van der Waals surface area contributed by atoms with Gasteiger partial charge in [0, 0.05) is 23.1 Å². The van der Waals surface area contributed by atoms with E-state index in [1.165, 1.54) is 10.4 Å². The van der Waals surface area contributed by atoms with E-state index in [0.717, 1.165) is 5.39 Å². The molecule has 3 rings (SSSR count). The minimum Gasteiger partial charge on any atom is -0.377 e. The van der Waals surface area contributed by atoms with Gasteiger partial charge in [0.2, 0.25) is 0 Å². The third kappa shape index (κ3) is 4.28. The molecule has 9 nitrogen and oxygen atoms in total. The first-order valence-electron chi connectivity index (χ1n) is 8.85. The fourth-order valence-electron chi connectivity index (χ4n) is 3.04. The fourth-order valence-corrected chi connectivity index (χ4v) is 3.04. The Morgan fingerprint density at radius 2 is 1.54 bits per heavy atom. The quantitative estimate of drug-likeness (QED) is 0.257. The Labute approximate surface area is 161 Å². The molecule has 2 aromatic rings. The Balaban J connectivity index is 1.44. The van der Waals surface area contributed by atoms with Gasteiger partial charge in [0.05, 0.1) is 33.0 Å². The molecular formula is C19H21N3O6. The molecule has 9 heteroatoms. The molecule has 1 aliphatic heterocycles. The van der Waals surface area contributed by atoms with Crippen molar-refractivity contribution in [3.05, 3.63) is 47.5 Å². The van der Waals surface area contributed by atoms with E-state index >= 15 is 0 Å². The van der Waals surface area contributed by atoms with E-state index in [-0.39, 0.29) is 44.7 Å². The molecule has 1 heterocycles. The largest absolute Gasteiger partial charge is 0.377 e. The molecular weight excluding hydrogens is 366 g/mol. The van der Waals surface area contributed by atoms with Gasteiger partial charge in [-0.3, -0.25) is 19.7 Å². The van der Waals surface area contributed by atoms with Crippen molar-refractivity contribution in [2.24, 2.45) is 0 Å².